The fourth-order valence-corrected chi connectivity index (χ4v) is 4.54. The number of ether oxygens (including phenoxy) is 1. The molecule has 1 N–H and O–H groups in total. The number of H-pyrrole nitrogens is 1. The molecule has 31 heavy (non-hydrogen) atoms. The Labute approximate surface area is 180 Å². The molecule has 6 rings (SSSR count). The fourth-order valence-electron chi connectivity index (χ4n) is 4.54. The molecule has 0 amide bonds. The second-order valence-corrected chi connectivity index (χ2v) is 7.77. The third-order valence-corrected chi connectivity index (χ3v) is 6.03. The highest BCUT2D eigenvalue weighted by Crippen LogP contribution is 2.46. The van der Waals surface area contributed by atoms with E-state index in [-0.39, 0.29) is 0 Å². The van der Waals surface area contributed by atoms with E-state index in [0.717, 1.165) is 33.6 Å². The first kappa shape index (κ1) is 17.7. The van der Waals surface area contributed by atoms with Crippen molar-refractivity contribution < 1.29 is 4.74 Å². The number of nitrogens with zero attached hydrogens (tertiary/aromatic N) is 1. The average Bonchev–Trinajstić information content (AvgIpc) is 3.39. The Morgan fingerprint density at radius 3 is 2.45 bits per heavy atom. The number of aromatic nitrogens is 2. The van der Waals surface area contributed by atoms with E-state index in [9.17, 15) is 0 Å². The van der Waals surface area contributed by atoms with Gasteiger partial charge in [-0.25, -0.2) is 0 Å². The van der Waals surface area contributed by atoms with Crippen molar-refractivity contribution in [2.75, 3.05) is 0 Å². The molecule has 5 aromatic rings. The highest BCUT2D eigenvalue weighted by Gasteiger charge is 2.39. The van der Waals surface area contributed by atoms with Crippen LogP contribution in [0.25, 0.3) is 28.0 Å². The van der Waals surface area contributed by atoms with Gasteiger partial charge in [-0.05, 0) is 34.6 Å². The van der Waals surface area contributed by atoms with Crippen LogP contribution in [-0.2, 0) is 5.60 Å². The highest BCUT2D eigenvalue weighted by molar-refractivity contribution is 5.94. The lowest BCUT2D eigenvalue weighted by atomic mass is 9.80. The van der Waals surface area contributed by atoms with E-state index in [1.165, 1.54) is 10.8 Å². The predicted octanol–water partition coefficient (Wildman–Crippen LogP) is 6.58. The van der Waals surface area contributed by atoms with Gasteiger partial charge < -0.3 is 4.74 Å². The van der Waals surface area contributed by atoms with Crippen LogP contribution in [0.5, 0.6) is 5.75 Å². The molecule has 0 fully saturated rings. The topological polar surface area (TPSA) is 37.9 Å². The van der Waals surface area contributed by atoms with Gasteiger partial charge in [-0.1, -0.05) is 84.9 Å². The van der Waals surface area contributed by atoms with Gasteiger partial charge in [0, 0.05) is 28.5 Å². The molecule has 0 saturated heterocycles. The van der Waals surface area contributed by atoms with E-state index in [0.29, 0.717) is 0 Å². The smallest absolute Gasteiger partial charge is 0.178 e. The molecular weight excluding hydrogens is 380 g/mol. The molecule has 3 nitrogen and oxygen atoms in total. The summed E-state index contributed by atoms with van der Waals surface area (Å²) in [6.07, 6.45) is 8.17. The zero-order valence-electron chi connectivity index (χ0n) is 16.8. The van der Waals surface area contributed by atoms with E-state index in [4.69, 9.17) is 4.74 Å². The van der Waals surface area contributed by atoms with Crippen molar-refractivity contribution in [1.82, 2.24) is 10.2 Å². The van der Waals surface area contributed by atoms with Crippen LogP contribution in [0.3, 0.4) is 0 Å². The zero-order chi connectivity index (χ0) is 20.7. The maximum Gasteiger partial charge on any atom is 0.178 e. The van der Waals surface area contributed by atoms with Gasteiger partial charge in [0.05, 0.1) is 6.20 Å². The Morgan fingerprint density at radius 2 is 1.58 bits per heavy atom. The van der Waals surface area contributed by atoms with Crippen LogP contribution in [0.2, 0.25) is 0 Å². The standard InChI is InChI=1S/C28H20N2O/c1-2-9-22(10-3-1)28(26-13-7-6-12-24(26)21-18-29-30-19-21)17-16-25-23-11-5-4-8-20(23)14-15-27(25)31-28/h1-19H,(H,29,30). The van der Waals surface area contributed by atoms with Crippen LogP contribution >= 0.6 is 0 Å². The van der Waals surface area contributed by atoms with Crippen LogP contribution in [0.1, 0.15) is 16.7 Å². The molecule has 1 aliphatic heterocycles. The first-order valence-corrected chi connectivity index (χ1v) is 10.4. The molecule has 2 heterocycles. The number of hydrogen-bond donors (Lipinski definition) is 1. The second-order valence-electron chi connectivity index (χ2n) is 7.77. The van der Waals surface area contributed by atoms with Crippen LogP contribution in [0.15, 0.2) is 109 Å². The summed E-state index contributed by atoms with van der Waals surface area (Å²) in [5.74, 6) is 0.882. The Hall–Kier alpha value is -4.11. The van der Waals surface area contributed by atoms with Gasteiger partial charge in [-0.15, -0.1) is 0 Å². The lowest BCUT2D eigenvalue weighted by Gasteiger charge is -2.37. The number of hydrogen-bond acceptors (Lipinski definition) is 2. The summed E-state index contributed by atoms with van der Waals surface area (Å²) in [4.78, 5) is 0. The Balaban J connectivity index is 1.62. The summed E-state index contributed by atoms with van der Waals surface area (Å²) in [7, 11) is 0. The van der Waals surface area contributed by atoms with Crippen LogP contribution in [0, 0.1) is 0 Å². The van der Waals surface area contributed by atoms with Crippen molar-refractivity contribution in [2.45, 2.75) is 5.60 Å². The van der Waals surface area contributed by atoms with Gasteiger partial charge in [-0.2, -0.15) is 5.10 Å². The lowest BCUT2D eigenvalue weighted by Crippen LogP contribution is -2.34. The third kappa shape index (κ3) is 2.78. The number of nitrogens with one attached hydrogen (secondary N) is 1. The summed E-state index contributed by atoms with van der Waals surface area (Å²) in [6.45, 7) is 0. The van der Waals surface area contributed by atoms with Gasteiger partial charge in [-0.3, -0.25) is 5.10 Å². The number of benzene rings is 4. The van der Waals surface area contributed by atoms with Gasteiger partial charge in [0.25, 0.3) is 0 Å². The molecule has 1 atom stereocenters. The molecule has 1 aliphatic rings. The van der Waals surface area contributed by atoms with Crippen molar-refractivity contribution in [2.24, 2.45) is 0 Å². The molecule has 1 aromatic heterocycles. The highest BCUT2D eigenvalue weighted by atomic mass is 16.5. The Bertz CT molecular complexity index is 1400. The first-order chi connectivity index (χ1) is 15.4. The number of aromatic amines is 1. The van der Waals surface area contributed by atoms with Crippen LogP contribution in [-0.4, -0.2) is 10.2 Å². The van der Waals surface area contributed by atoms with Crippen molar-refractivity contribution in [3.63, 3.8) is 0 Å². The molecule has 0 radical (unpaired) electrons. The maximum absolute atomic E-state index is 6.92. The molecule has 3 heteroatoms. The Kier molecular flexibility index (Phi) is 4.00. The van der Waals surface area contributed by atoms with E-state index in [1.807, 2.05) is 18.5 Å². The monoisotopic (exact) mass is 400 g/mol. The maximum atomic E-state index is 6.92. The largest absolute Gasteiger partial charge is 0.473 e. The number of rotatable bonds is 3. The van der Waals surface area contributed by atoms with Gasteiger partial charge in [0.15, 0.2) is 5.60 Å². The summed E-state index contributed by atoms with van der Waals surface area (Å²) in [5.41, 5.74) is 4.66. The Morgan fingerprint density at radius 1 is 0.774 bits per heavy atom. The summed E-state index contributed by atoms with van der Waals surface area (Å²) in [6, 6.07) is 31.4. The minimum atomic E-state index is -0.745. The van der Waals surface area contributed by atoms with Crippen molar-refractivity contribution in [1.29, 1.82) is 0 Å². The lowest BCUT2D eigenvalue weighted by molar-refractivity contribution is 0.162. The van der Waals surface area contributed by atoms with Gasteiger partial charge in [0.2, 0.25) is 0 Å². The average molecular weight is 400 g/mol. The SMILES string of the molecule is C1=CC(c2ccccc2)(c2ccccc2-c2cn[nH]c2)Oc2ccc3ccccc3c21. The van der Waals surface area contributed by atoms with Crippen molar-refractivity contribution in [3.05, 3.63) is 126 Å². The molecule has 0 bridgehead atoms. The quantitative estimate of drug-likeness (QED) is 0.371. The predicted molar refractivity (Wildman–Crippen MR) is 125 cm³/mol. The molecule has 0 spiro atoms. The minimum Gasteiger partial charge on any atom is -0.473 e. The van der Waals surface area contributed by atoms with Gasteiger partial charge >= 0.3 is 0 Å². The molecule has 0 saturated carbocycles. The first-order valence-electron chi connectivity index (χ1n) is 10.4. The second kappa shape index (κ2) is 6.99. The van der Waals surface area contributed by atoms with Crippen molar-refractivity contribution in [3.8, 4) is 16.9 Å². The molecule has 0 aliphatic carbocycles. The molecular formula is C28H20N2O. The van der Waals surface area contributed by atoms with Crippen LogP contribution in [0.4, 0.5) is 0 Å². The zero-order valence-corrected chi connectivity index (χ0v) is 16.8. The number of fused-ring (bicyclic) bond motifs is 3. The molecule has 1 unspecified atom stereocenters. The third-order valence-electron chi connectivity index (χ3n) is 6.03. The summed E-state index contributed by atoms with van der Waals surface area (Å²) in [5, 5.41) is 9.51. The summed E-state index contributed by atoms with van der Waals surface area (Å²) >= 11 is 0. The minimum absolute atomic E-state index is 0.745. The summed E-state index contributed by atoms with van der Waals surface area (Å²) < 4.78 is 6.92. The fraction of sp³-hybridized carbons (Fsp3) is 0.0357. The van der Waals surface area contributed by atoms with Crippen LogP contribution < -0.4 is 4.74 Å². The molecule has 4 aromatic carbocycles. The van der Waals surface area contributed by atoms with E-state index in [1.54, 1.807) is 0 Å². The van der Waals surface area contributed by atoms with Gasteiger partial charge in [0.1, 0.15) is 5.75 Å². The van der Waals surface area contributed by atoms with Crippen molar-refractivity contribution >= 4 is 16.8 Å². The van der Waals surface area contributed by atoms with E-state index < -0.39 is 5.60 Å². The molecule has 148 valence electrons. The van der Waals surface area contributed by atoms with E-state index in [2.05, 4.69) is 107 Å². The van der Waals surface area contributed by atoms with E-state index >= 15 is 0 Å². The normalized spacial score (nSPS) is 17.3.